The Hall–Kier alpha value is -2.82. The topological polar surface area (TPSA) is 114 Å². The Bertz CT molecular complexity index is 1150. The van der Waals surface area contributed by atoms with E-state index in [1.54, 1.807) is 24.5 Å². The highest BCUT2D eigenvalue weighted by molar-refractivity contribution is 7.07. The number of hydrogen-bond acceptors (Lipinski definition) is 7. The van der Waals surface area contributed by atoms with Crippen molar-refractivity contribution in [3.05, 3.63) is 52.5 Å². The predicted octanol–water partition coefficient (Wildman–Crippen LogP) is 5.04. The first-order chi connectivity index (χ1) is 21.0. The zero-order valence-corrected chi connectivity index (χ0v) is 27.9. The fourth-order valence-electron chi connectivity index (χ4n) is 6.12. The molecular weight excluding hydrogens is 576 g/mol. The van der Waals surface area contributed by atoms with Crippen molar-refractivity contribution in [2.24, 2.45) is 11.8 Å². The van der Waals surface area contributed by atoms with E-state index in [9.17, 15) is 24.6 Å². The maximum absolute atomic E-state index is 14.1. The van der Waals surface area contributed by atoms with Crippen molar-refractivity contribution in [2.45, 2.75) is 109 Å². The van der Waals surface area contributed by atoms with Gasteiger partial charge in [-0.3, -0.25) is 14.4 Å². The van der Waals surface area contributed by atoms with Crippen molar-refractivity contribution < 1.29 is 24.6 Å². The van der Waals surface area contributed by atoms with Gasteiger partial charge in [-0.15, -0.1) is 11.3 Å². The molecule has 9 nitrogen and oxygen atoms in total. The van der Waals surface area contributed by atoms with Crippen molar-refractivity contribution in [3.8, 4) is 0 Å². The van der Waals surface area contributed by atoms with E-state index in [0.717, 1.165) is 31.2 Å². The minimum absolute atomic E-state index is 0.0781. The molecule has 1 fully saturated rings. The molecule has 2 aromatic rings. The highest BCUT2D eigenvalue weighted by Crippen LogP contribution is 2.32. The Morgan fingerprint density at radius 1 is 0.932 bits per heavy atom. The monoisotopic (exact) mass is 628 g/mol. The van der Waals surface area contributed by atoms with Crippen LogP contribution in [0.4, 0.5) is 0 Å². The van der Waals surface area contributed by atoms with Crippen LogP contribution in [0.1, 0.15) is 95.9 Å². The number of benzene rings is 1. The Morgan fingerprint density at radius 2 is 1.57 bits per heavy atom. The lowest BCUT2D eigenvalue weighted by Gasteiger charge is -2.39. The van der Waals surface area contributed by atoms with Crippen molar-refractivity contribution in [1.82, 2.24) is 19.7 Å². The largest absolute Gasteiger partial charge is 0.390 e. The van der Waals surface area contributed by atoms with Crippen LogP contribution in [0.25, 0.3) is 0 Å². The van der Waals surface area contributed by atoms with Crippen LogP contribution in [0.5, 0.6) is 0 Å². The Labute approximate surface area is 267 Å². The zero-order valence-electron chi connectivity index (χ0n) is 27.1. The number of aliphatic hydroxyl groups excluding tert-OH is 2. The van der Waals surface area contributed by atoms with Crippen molar-refractivity contribution in [1.29, 1.82) is 0 Å². The third kappa shape index (κ3) is 10.7. The molecule has 0 unspecified atom stereocenters. The van der Waals surface area contributed by atoms with E-state index < -0.39 is 18.2 Å². The molecule has 4 atom stereocenters. The highest BCUT2D eigenvalue weighted by Gasteiger charge is 2.37. The summed E-state index contributed by atoms with van der Waals surface area (Å²) >= 11 is 1.44. The Morgan fingerprint density at radius 3 is 2.14 bits per heavy atom. The lowest BCUT2D eigenvalue weighted by atomic mass is 9.81. The molecule has 1 aliphatic carbocycles. The van der Waals surface area contributed by atoms with E-state index in [1.165, 1.54) is 27.6 Å². The second-order valence-electron chi connectivity index (χ2n) is 12.9. The summed E-state index contributed by atoms with van der Waals surface area (Å²) < 4.78 is 0. The maximum atomic E-state index is 14.1. The van der Waals surface area contributed by atoms with Gasteiger partial charge in [0.15, 0.2) is 0 Å². The maximum Gasteiger partial charge on any atom is 0.241 e. The van der Waals surface area contributed by atoms with Gasteiger partial charge in [0.2, 0.25) is 17.7 Å². The van der Waals surface area contributed by atoms with Gasteiger partial charge in [-0.05, 0) is 37.2 Å². The van der Waals surface area contributed by atoms with Gasteiger partial charge in [0.05, 0.1) is 35.9 Å². The highest BCUT2D eigenvalue weighted by atomic mass is 32.1. The number of carbonyl (C=O) groups is 3. The first-order valence-corrected chi connectivity index (χ1v) is 17.0. The fourth-order valence-corrected chi connectivity index (χ4v) is 6.67. The molecule has 44 heavy (non-hydrogen) atoms. The summed E-state index contributed by atoms with van der Waals surface area (Å²) in [5, 5.41) is 24.5. The summed E-state index contributed by atoms with van der Waals surface area (Å²) in [6.45, 7) is 5.99. The number of rotatable bonds is 16. The normalized spacial score (nSPS) is 16.6. The van der Waals surface area contributed by atoms with E-state index in [1.807, 2.05) is 56.5 Å². The van der Waals surface area contributed by atoms with Crippen LogP contribution in [0, 0.1) is 11.8 Å². The summed E-state index contributed by atoms with van der Waals surface area (Å²) in [6.07, 6.45) is 4.27. The fraction of sp³-hybridized carbons (Fsp3) is 0.647. The van der Waals surface area contributed by atoms with Crippen molar-refractivity contribution >= 4 is 29.1 Å². The molecule has 0 radical (unpaired) electrons. The van der Waals surface area contributed by atoms with Crippen molar-refractivity contribution in [2.75, 3.05) is 20.6 Å². The van der Waals surface area contributed by atoms with Crippen LogP contribution in [0.2, 0.25) is 0 Å². The van der Waals surface area contributed by atoms with E-state index >= 15 is 0 Å². The van der Waals surface area contributed by atoms with Crippen LogP contribution in [0.3, 0.4) is 0 Å². The van der Waals surface area contributed by atoms with Gasteiger partial charge >= 0.3 is 0 Å². The number of likely N-dealkylation sites (N-methyl/N-ethyl adjacent to an activating group) is 1. The number of carbonyl (C=O) groups excluding carboxylic acids is 3. The number of nitrogens with zero attached hydrogens (tertiary/aromatic N) is 4. The molecule has 244 valence electrons. The summed E-state index contributed by atoms with van der Waals surface area (Å²) in [5.74, 6) is -0.233. The predicted molar refractivity (Wildman–Crippen MR) is 174 cm³/mol. The van der Waals surface area contributed by atoms with Crippen LogP contribution in [-0.2, 0) is 20.9 Å². The SMILES string of the molecule is CC(C)C[C@H](O)[C@H](O)[C@H](CC1CCCCC1)N(Cc1cscn1)C(=O)CCC(=O)N(CC(=O)N(C)C)[C@@H](C)c1ccccc1. The second-order valence-corrected chi connectivity index (χ2v) is 13.6. The molecule has 0 aliphatic heterocycles. The molecule has 0 saturated heterocycles. The van der Waals surface area contributed by atoms with Crippen molar-refractivity contribution in [3.63, 3.8) is 0 Å². The van der Waals surface area contributed by atoms with Crippen LogP contribution in [-0.4, -0.2) is 86.5 Å². The molecule has 0 spiro atoms. The standard InChI is InChI=1S/C34H52N4O5S/c1-24(2)18-30(39)34(43)29(19-26-12-8-6-9-13-26)38(20-28-22-44-23-35-28)32(41)17-16-31(40)37(21-33(42)36(4)5)25(3)27-14-10-7-11-15-27/h7,10-11,14-15,22-26,29-30,34,39,43H,6,8-9,12-13,16-21H2,1-5H3/t25-,29-,30-,34+/m0/s1. The summed E-state index contributed by atoms with van der Waals surface area (Å²) in [4.78, 5) is 49.5. The minimum Gasteiger partial charge on any atom is -0.390 e. The molecule has 1 aromatic heterocycles. The molecule has 0 bridgehead atoms. The molecule has 3 rings (SSSR count). The van der Waals surface area contributed by atoms with Crippen LogP contribution in [0.15, 0.2) is 41.2 Å². The number of aliphatic hydroxyl groups is 2. The minimum atomic E-state index is -1.12. The molecule has 1 aliphatic rings. The number of thiazole rings is 1. The quantitative estimate of drug-likeness (QED) is 0.269. The zero-order chi connectivity index (χ0) is 32.2. The third-order valence-electron chi connectivity index (χ3n) is 8.76. The number of aromatic nitrogens is 1. The van der Waals surface area contributed by atoms with E-state index in [0.29, 0.717) is 24.5 Å². The van der Waals surface area contributed by atoms with E-state index in [-0.39, 0.29) is 55.6 Å². The molecule has 1 aromatic carbocycles. The summed E-state index contributed by atoms with van der Waals surface area (Å²) in [7, 11) is 3.31. The molecular formula is C34H52N4O5S. The lowest BCUT2D eigenvalue weighted by molar-refractivity contribution is -0.145. The van der Waals surface area contributed by atoms with Gasteiger partial charge in [0.1, 0.15) is 12.6 Å². The van der Waals surface area contributed by atoms with Gasteiger partial charge in [0.25, 0.3) is 0 Å². The van der Waals surface area contributed by atoms with Gasteiger partial charge in [-0.1, -0.05) is 76.3 Å². The molecule has 1 heterocycles. The van der Waals surface area contributed by atoms with Gasteiger partial charge < -0.3 is 24.9 Å². The van der Waals surface area contributed by atoms with Gasteiger partial charge in [-0.2, -0.15) is 0 Å². The van der Waals surface area contributed by atoms with Gasteiger partial charge in [0, 0.05) is 32.3 Å². The lowest BCUT2D eigenvalue weighted by Crippen LogP contribution is -2.52. The van der Waals surface area contributed by atoms with E-state index in [4.69, 9.17) is 0 Å². The molecule has 3 amide bonds. The number of amides is 3. The first-order valence-electron chi connectivity index (χ1n) is 16.0. The molecule has 1 saturated carbocycles. The third-order valence-corrected chi connectivity index (χ3v) is 9.40. The average Bonchev–Trinajstić information content (AvgIpc) is 3.53. The second kappa shape index (κ2) is 17.6. The number of hydrogen-bond donors (Lipinski definition) is 2. The first kappa shape index (κ1) is 35.7. The molecule has 2 N–H and O–H groups in total. The van der Waals surface area contributed by atoms with Crippen LogP contribution < -0.4 is 0 Å². The summed E-state index contributed by atoms with van der Waals surface area (Å²) in [5.41, 5.74) is 3.33. The Balaban J connectivity index is 1.85. The molecule has 10 heteroatoms. The van der Waals surface area contributed by atoms with Crippen LogP contribution >= 0.6 is 11.3 Å². The Kier molecular flexibility index (Phi) is 14.3. The smallest absolute Gasteiger partial charge is 0.241 e. The summed E-state index contributed by atoms with van der Waals surface area (Å²) in [6, 6.07) is 8.57. The average molecular weight is 629 g/mol. The van der Waals surface area contributed by atoms with E-state index in [2.05, 4.69) is 4.98 Å². The van der Waals surface area contributed by atoms with Gasteiger partial charge in [-0.25, -0.2) is 4.98 Å².